The van der Waals surface area contributed by atoms with E-state index in [0.717, 1.165) is 32.8 Å². The standard InChI is InChI=1S/C15H23NO2S/c1-17-10-14-3-2-5-15(14)12-16(6-7-18-15)9-13-4-8-19-11-13/h4,8,11,14H,2-3,5-7,9-10,12H2,1H3/t14-,15-/m0/s1. The minimum atomic E-state index is 0.0598. The Balaban J connectivity index is 1.66. The van der Waals surface area contributed by atoms with Crippen molar-refractivity contribution in [2.45, 2.75) is 31.4 Å². The molecule has 1 aromatic heterocycles. The predicted molar refractivity (Wildman–Crippen MR) is 77.5 cm³/mol. The van der Waals surface area contributed by atoms with Crippen molar-refractivity contribution >= 4 is 11.3 Å². The first-order valence-electron chi connectivity index (χ1n) is 7.19. The Labute approximate surface area is 119 Å². The lowest BCUT2D eigenvalue weighted by molar-refractivity contribution is -0.141. The van der Waals surface area contributed by atoms with E-state index < -0.39 is 0 Å². The summed E-state index contributed by atoms with van der Waals surface area (Å²) in [7, 11) is 1.80. The average Bonchev–Trinajstić information content (AvgIpc) is 3.02. The number of rotatable bonds is 4. The van der Waals surface area contributed by atoms with Crippen molar-refractivity contribution < 1.29 is 9.47 Å². The third-order valence-electron chi connectivity index (χ3n) is 4.54. The van der Waals surface area contributed by atoms with Crippen LogP contribution in [0.1, 0.15) is 24.8 Å². The summed E-state index contributed by atoms with van der Waals surface area (Å²) in [5.41, 5.74) is 1.49. The average molecular weight is 281 g/mol. The Morgan fingerprint density at radius 1 is 1.58 bits per heavy atom. The van der Waals surface area contributed by atoms with Crippen LogP contribution in [0.25, 0.3) is 0 Å². The van der Waals surface area contributed by atoms with Crippen molar-refractivity contribution in [2.24, 2.45) is 5.92 Å². The molecule has 3 rings (SSSR count). The summed E-state index contributed by atoms with van der Waals surface area (Å²) in [6.45, 7) is 4.89. The molecule has 2 fully saturated rings. The second-order valence-electron chi connectivity index (χ2n) is 5.80. The SMILES string of the molecule is COC[C@@H]1CCC[C@]12CN(Cc1ccsc1)CCO2. The van der Waals surface area contributed by atoms with Crippen LogP contribution in [0.2, 0.25) is 0 Å². The molecule has 0 unspecified atom stereocenters. The third kappa shape index (κ3) is 2.87. The third-order valence-corrected chi connectivity index (χ3v) is 5.27. The fourth-order valence-corrected chi connectivity index (χ4v) is 4.27. The maximum Gasteiger partial charge on any atom is 0.0859 e. The van der Waals surface area contributed by atoms with Gasteiger partial charge in [-0.15, -0.1) is 0 Å². The summed E-state index contributed by atoms with van der Waals surface area (Å²) in [5, 5.41) is 4.41. The number of methoxy groups -OCH3 is 1. The lowest BCUT2D eigenvalue weighted by Crippen LogP contribution is -2.54. The largest absolute Gasteiger partial charge is 0.384 e. The molecule has 3 nitrogen and oxygen atoms in total. The number of hydrogen-bond acceptors (Lipinski definition) is 4. The van der Waals surface area contributed by atoms with Crippen LogP contribution in [0.15, 0.2) is 16.8 Å². The second-order valence-corrected chi connectivity index (χ2v) is 6.58. The highest BCUT2D eigenvalue weighted by atomic mass is 32.1. The van der Waals surface area contributed by atoms with Crippen molar-refractivity contribution in [2.75, 3.05) is 33.4 Å². The number of thiophene rings is 1. The van der Waals surface area contributed by atoms with Crippen molar-refractivity contribution in [1.29, 1.82) is 0 Å². The molecule has 0 radical (unpaired) electrons. The van der Waals surface area contributed by atoms with E-state index in [-0.39, 0.29) is 5.60 Å². The van der Waals surface area contributed by atoms with E-state index in [9.17, 15) is 0 Å². The Hall–Kier alpha value is -0.420. The summed E-state index contributed by atoms with van der Waals surface area (Å²) < 4.78 is 11.6. The molecule has 2 atom stereocenters. The first-order chi connectivity index (χ1) is 9.32. The minimum absolute atomic E-state index is 0.0598. The smallest absolute Gasteiger partial charge is 0.0859 e. The molecule has 1 aliphatic carbocycles. The van der Waals surface area contributed by atoms with E-state index in [1.54, 1.807) is 18.4 Å². The molecule has 2 heterocycles. The Morgan fingerprint density at radius 2 is 2.53 bits per heavy atom. The van der Waals surface area contributed by atoms with Crippen LogP contribution in [0, 0.1) is 5.92 Å². The van der Waals surface area contributed by atoms with Gasteiger partial charge in [-0.2, -0.15) is 11.3 Å². The molecule has 4 heteroatoms. The van der Waals surface area contributed by atoms with Crippen LogP contribution in [0.3, 0.4) is 0 Å². The highest BCUT2D eigenvalue weighted by Gasteiger charge is 2.46. The fraction of sp³-hybridized carbons (Fsp3) is 0.733. The van der Waals surface area contributed by atoms with E-state index in [1.807, 2.05) is 0 Å². The van der Waals surface area contributed by atoms with Gasteiger partial charge in [0.1, 0.15) is 0 Å². The van der Waals surface area contributed by atoms with Crippen LogP contribution < -0.4 is 0 Å². The number of hydrogen-bond donors (Lipinski definition) is 0. The normalized spacial score (nSPS) is 32.2. The molecule has 1 aliphatic heterocycles. The second kappa shape index (κ2) is 5.92. The summed E-state index contributed by atoms with van der Waals surface area (Å²) in [5.74, 6) is 0.572. The van der Waals surface area contributed by atoms with Crippen molar-refractivity contribution in [3.8, 4) is 0 Å². The summed E-state index contributed by atoms with van der Waals surface area (Å²) in [4.78, 5) is 2.56. The number of ether oxygens (including phenoxy) is 2. The van der Waals surface area contributed by atoms with Crippen LogP contribution in [0.5, 0.6) is 0 Å². The summed E-state index contributed by atoms with van der Waals surface area (Å²) >= 11 is 1.78. The fourth-order valence-electron chi connectivity index (χ4n) is 3.61. The van der Waals surface area contributed by atoms with E-state index in [4.69, 9.17) is 9.47 Å². The van der Waals surface area contributed by atoms with Crippen LogP contribution in [0.4, 0.5) is 0 Å². The molecule has 19 heavy (non-hydrogen) atoms. The van der Waals surface area contributed by atoms with Gasteiger partial charge in [0.05, 0.1) is 18.8 Å². The van der Waals surface area contributed by atoms with Gasteiger partial charge in [-0.3, -0.25) is 4.90 Å². The van der Waals surface area contributed by atoms with Gasteiger partial charge in [0, 0.05) is 32.7 Å². The quantitative estimate of drug-likeness (QED) is 0.847. The van der Waals surface area contributed by atoms with Crippen LogP contribution in [-0.4, -0.2) is 43.9 Å². The Morgan fingerprint density at radius 3 is 3.32 bits per heavy atom. The van der Waals surface area contributed by atoms with E-state index in [1.165, 1.54) is 24.8 Å². The maximum atomic E-state index is 6.22. The molecule has 0 aromatic carbocycles. The topological polar surface area (TPSA) is 21.7 Å². The zero-order valence-electron chi connectivity index (χ0n) is 11.6. The zero-order chi connectivity index (χ0) is 13.1. The molecular weight excluding hydrogens is 258 g/mol. The summed E-state index contributed by atoms with van der Waals surface area (Å²) in [6.07, 6.45) is 3.72. The van der Waals surface area contributed by atoms with Crippen molar-refractivity contribution in [1.82, 2.24) is 4.90 Å². The van der Waals surface area contributed by atoms with Crippen LogP contribution in [-0.2, 0) is 16.0 Å². The molecule has 0 bridgehead atoms. The van der Waals surface area contributed by atoms with Gasteiger partial charge in [-0.1, -0.05) is 6.42 Å². The molecule has 1 saturated heterocycles. The Bertz CT molecular complexity index is 395. The van der Waals surface area contributed by atoms with E-state index in [2.05, 4.69) is 21.7 Å². The van der Waals surface area contributed by atoms with Crippen molar-refractivity contribution in [3.63, 3.8) is 0 Å². The van der Waals surface area contributed by atoms with Gasteiger partial charge < -0.3 is 9.47 Å². The molecule has 1 saturated carbocycles. The van der Waals surface area contributed by atoms with Gasteiger partial charge in [-0.25, -0.2) is 0 Å². The van der Waals surface area contributed by atoms with Gasteiger partial charge in [0.25, 0.3) is 0 Å². The first-order valence-corrected chi connectivity index (χ1v) is 8.13. The lowest BCUT2D eigenvalue weighted by Gasteiger charge is -2.44. The Kier molecular flexibility index (Phi) is 4.22. The predicted octanol–water partition coefficient (Wildman–Crippen LogP) is 2.77. The maximum absolute atomic E-state index is 6.22. The molecule has 0 N–H and O–H groups in total. The van der Waals surface area contributed by atoms with Crippen molar-refractivity contribution in [3.05, 3.63) is 22.4 Å². The molecule has 1 spiro atoms. The molecular formula is C15H23NO2S. The molecule has 2 aliphatic rings. The molecule has 106 valence electrons. The van der Waals surface area contributed by atoms with Gasteiger partial charge >= 0.3 is 0 Å². The van der Waals surface area contributed by atoms with Gasteiger partial charge in [0.2, 0.25) is 0 Å². The highest BCUT2D eigenvalue weighted by Crippen LogP contribution is 2.41. The van der Waals surface area contributed by atoms with Gasteiger partial charge in [-0.05, 0) is 35.2 Å². The minimum Gasteiger partial charge on any atom is -0.384 e. The van der Waals surface area contributed by atoms with E-state index in [0.29, 0.717) is 5.92 Å². The first kappa shape index (κ1) is 13.6. The van der Waals surface area contributed by atoms with Crippen LogP contribution >= 0.6 is 11.3 Å². The van der Waals surface area contributed by atoms with E-state index >= 15 is 0 Å². The monoisotopic (exact) mass is 281 g/mol. The number of nitrogens with zero attached hydrogens (tertiary/aromatic N) is 1. The highest BCUT2D eigenvalue weighted by molar-refractivity contribution is 7.07. The summed E-state index contributed by atoms with van der Waals surface area (Å²) in [6, 6.07) is 2.23. The zero-order valence-corrected chi connectivity index (χ0v) is 12.5. The molecule has 1 aromatic rings. The lowest BCUT2D eigenvalue weighted by atomic mass is 9.89. The molecule has 0 amide bonds. The number of morpholine rings is 1. The van der Waals surface area contributed by atoms with Gasteiger partial charge in [0.15, 0.2) is 0 Å².